The van der Waals surface area contributed by atoms with Crippen molar-refractivity contribution in [1.29, 1.82) is 0 Å². The summed E-state index contributed by atoms with van der Waals surface area (Å²) in [5, 5.41) is 13.5. The molecule has 0 saturated heterocycles. The highest BCUT2D eigenvalue weighted by Crippen LogP contribution is 2.25. The molecule has 0 radical (unpaired) electrons. The van der Waals surface area contributed by atoms with Crippen LogP contribution in [0.5, 0.6) is 5.75 Å². The Hall–Kier alpha value is -4.20. The molecule has 0 bridgehead atoms. The summed E-state index contributed by atoms with van der Waals surface area (Å²) >= 11 is 0. The summed E-state index contributed by atoms with van der Waals surface area (Å²) in [6, 6.07) is 20.5. The third-order valence-electron chi connectivity index (χ3n) is 4.22. The molecule has 3 aromatic rings. The van der Waals surface area contributed by atoms with E-state index < -0.39 is 23.4 Å². The topological polar surface area (TPSA) is 108 Å². The van der Waals surface area contributed by atoms with Gasteiger partial charge in [-0.1, -0.05) is 42.5 Å². The van der Waals surface area contributed by atoms with Gasteiger partial charge in [0, 0.05) is 17.8 Å². The first-order valence-electron chi connectivity index (χ1n) is 8.93. The molecule has 1 N–H and O–H groups in total. The summed E-state index contributed by atoms with van der Waals surface area (Å²) in [7, 11) is 1.32. The Morgan fingerprint density at radius 2 is 1.63 bits per heavy atom. The first kappa shape index (κ1) is 20.5. The number of methoxy groups -OCH3 is 1. The molecule has 0 aliphatic rings. The Balaban J connectivity index is 1.60. The molecule has 0 aromatic heterocycles. The molecule has 0 atom stereocenters. The molecule has 0 aliphatic heterocycles. The monoisotopic (exact) mass is 406 g/mol. The van der Waals surface area contributed by atoms with E-state index in [2.05, 4.69) is 5.32 Å². The molecular weight excluding hydrogens is 388 g/mol. The number of carbonyl (C=O) groups is 2. The van der Waals surface area contributed by atoms with Crippen molar-refractivity contribution in [1.82, 2.24) is 0 Å². The van der Waals surface area contributed by atoms with E-state index in [-0.39, 0.29) is 17.0 Å². The van der Waals surface area contributed by atoms with Gasteiger partial charge >= 0.3 is 5.97 Å². The van der Waals surface area contributed by atoms with Crippen molar-refractivity contribution in [2.45, 2.75) is 0 Å². The van der Waals surface area contributed by atoms with Gasteiger partial charge in [0.1, 0.15) is 11.3 Å². The first-order valence-corrected chi connectivity index (χ1v) is 8.93. The van der Waals surface area contributed by atoms with E-state index in [0.717, 1.165) is 17.2 Å². The minimum atomic E-state index is -0.898. The van der Waals surface area contributed by atoms with E-state index in [0.29, 0.717) is 5.69 Å². The van der Waals surface area contributed by atoms with Gasteiger partial charge in [0.15, 0.2) is 6.61 Å². The van der Waals surface area contributed by atoms with E-state index in [1.807, 2.05) is 42.5 Å². The van der Waals surface area contributed by atoms with Crippen molar-refractivity contribution in [3.8, 4) is 16.9 Å². The van der Waals surface area contributed by atoms with Gasteiger partial charge in [0.05, 0.1) is 12.0 Å². The molecule has 152 valence electrons. The maximum Gasteiger partial charge on any atom is 0.342 e. The standard InChI is InChI=1S/C22H18N2O6/c1-29-20-12-11-18(24(27)28)13-19(20)22(26)30-14-21(25)23-17-9-7-16(8-10-17)15-5-3-2-4-6-15/h2-13H,14H2,1H3,(H,23,25). The van der Waals surface area contributed by atoms with Crippen molar-refractivity contribution in [3.63, 3.8) is 0 Å². The largest absolute Gasteiger partial charge is 0.496 e. The molecule has 8 nitrogen and oxygen atoms in total. The van der Waals surface area contributed by atoms with Gasteiger partial charge < -0.3 is 14.8 Å². The van der Waals surface area contributed by atoms with Crippen molar-refractivity contribution in [2.75, 3.05) is 19.0 Å². The highest BCUT2D eigenvalue weighted by atomic mass is 16.6. The minimum Gasteiger partial charge on any atom is -0.496 e. The predicted octanol–water partition coefficient (Wildman–Crippen LogP) is 4.07. The van der Waals surface area contributed by atoms with Crippen LogP contribution in [0.1, 0.15) is 10.4 Å². The van der Waals surface area contributed by atoms with Crippen LogP contribution in [0, 0.1) is 10.1 Å². The smallest absolute Gasteiger partial charge is 0.342 e. The number of anilines is 1. The number of carbonyl (C=O) groups excluding carboxylic acids is 2. The van der Waals surface area contributed by atoms with Crippen LogP contribution in [-0.2, 0) is 9.53 Å². The molecule has 0 saturated carbocycles. The van der Waals surface area contributed by atoms with Crippen molar-refractivity contribution < 1.29 is 24.0 Å². The van der Waals surface area contributed by atoms with Crippen LogP contribution in [0.15, 0.2) is 72.8 Å². The van der Waals surface area contributed by atoms with Crippen LogP contribution >= 0.6 is 0 Å². The molecule has 30 heavy (non-hydrogen) atoms. The lowest BCUT2D eigenvalue weighted by Gasteiger charge is -2.10. The normalized spacial score (nSPS) is 10.2. The van der Waals surface area contributed by atoms with E-state index in [1.54, 1.807) is 12.1 Å². The highest BCUT2D eigenvalue weighted by Gasteiger charge is 2.19. The molecule has 8 heteroatoms. The highest BCUT2D eigenvalue weighted by molar-refractivity contribution is 5.97. The zero-order valence-electron chi connectivity index (χ0n) is 16.0. The molecule has 0 spiro atoms. The average Bonchev–Trinajstić information content (AvgIpc) is 2.78. The second-order valence-corrected chi connectivity index (χ2v) is 6.21. The Morgan fingerprint density at radius 1 is 0.967 bits per heavy atom. The number of rotatable bonds is 7. The number of amides is 1. The van der Waals surface area contributed by atoms with Crippen molar-refractivity contribution >= 4 is 23.3 Å². The number of hydrogen-bond donors (Lipinski definition) is 1. The van der Waals surface area contributed by atoms with Gasteiger partial charge in [0.2, 0.25) is 0 Å². The fourth-order valence-corrected chi connectivity index (χ4v) is 2.75. The van der Waals surface area contributed by atoms with E-state index >= 15 is 0 Å². The minimum absolute atomic E-state index is 0.113. The number of nitro benzene ring substituents is 1. The average molecular weight is 406 g/mol. The van der Waals surface area contributed by atoms with E-state index in [9.17, 15) is 19.7 Å². The van der Waals surface area contributed by atoms with Crippen LogP contribution in [-0.4, -0.2) is 30.5 Å². The Kier molecular flexibility index (Phi) is 6.39. The first-order chi connectivity index (χ1) is 14.5. The van der Waals surface area contributed by atoms with Crippen LogP contribution < -0.4 is 10.1 Å². The molecule has 3 aromatic carbocycles. The molecule has 1 amide bonds. The maximum atomic E-state index is 12.3. The second-order valence-electron chi connectivity index (χ2n) is 6.21. The van der Waals surface area contributed by atoms with Gasteiger partial charge in [-0.05, 0) is 29.3 Å². The summed E-state index contributed by atoms with van der Waals surface area (Å²) in [4.78, 5) is 34.6. The molecule has 0 fully saturated rings. The zero-order chi connectivity index (χ0) is 21.5. The second kappa shape index (κ2) is 9.33. The van der Waals surface area contributed by atoms with Crippen molar-refractivity contribution in [2.24, 2.45) is 0 Å². The fourth-order valence-electron chi connectivity index (χ4n) is 2.75. The number of hydrogen-bond acceptors (Lipinski definition) is 6. The number of benzene rings is 3. The van der Waals surface area contributed by atoms with Crippen LogP contribution in [0.25, 0.3) is 11.1 Å². The Bertz CT molecular complexity index is 1060. The van der Waals surface area contributed by atoms with Gasteiger partial charge in [-0.2, -0.15) is 0 Å². The third-order valence-corrected chi connectivity index (χ3v) is 4.22. The van der Waals surface area contributed by atoms with Gasteiger partial charge in [-0.25, -0.2) is 4.79 Å². The summed E-state index contributed by atoms with van der Waals surface area (Å²) in [6.45, 7) is -0.550. The summed E-state index contributed by atoms with van der Waals surface area (Å²) in [6.07, 6.45) is 0. The number of non-ortho nitro benzene ring substituents is 1. The zero-order valence-corrected chi connectivity index (χ0v) is 16.0. The molecule has 0 aliphatic carbocycles. The number of nitro groups is 1. The Labute approximate surface area is 172 Å². The summed E-state index contributed by atoms with van der Waals surface area (Å²) in [5.41, 5.74) is 2.18. The Morgan fingerprint density at radius 3 is 2.27 bits per heavy atom. The van der Waals surface area contributed by atoms with Gasteiger partial charge in [0.25, 0.3) is 11.6 Å². The van der Waals surface area contributed by atoms with E-state index in [4.69, 9.17) is 9.47 Å². The van der Waals surface area contributed by atoms with Crippen LogP contribution in [0.4, 0.5) is 11.4 Å². The van der Waals surface area contributed by atoms with Gasteiger partial charge in [-0.3, -0.25) is 14.9 Å². The fraction of sp³-hybridized carbons (Fsp3) is 0.0909. The number of ether oxygens (including phenoxy) is 2. The summed E-state index contributed by atoms with van der Waals surface area (Å²) in [5.74, 6) is -1.33. The SMILES string of the molecule is COc1ccc([N+](=O)[O-])cc1C(=O)OCC(=O)Nc1ccc(-c2ccccc2)cc1. The van der Waals surface area contributed by atoms with Crippen LogP contribution in [0.3, 0.4) is 0 Å². The summed E-state index contributed by atoms with van der Waals surface area (Å²) < 4.78 is 10.0. The molecule has 0 heterocycles. The van der Waals surface area contributed by atoms with Crippen molar-refractivity contribution in [3.05, 3.63) is 88.5 Å². The lowest BCUT2D eigenvalue weighted by Crippen LogP contribution is -2.21. The van der Waals surface area contributed by atoms with E-state index in [1.165, 1.54) is 19.2 Å². The predicted molar refractivity (Wildman–Crippen MR) is 110 cm³/mol. The number of esters is 1. The van der Waals surface area contributed by atoms with Gasteiger partial charge in [-0.15, -0.1) is 0 Å². The maximum absolute atomic E-state index is 12.3. The number of nitrogens with zero attached hydrogens (tertiary/aromatic N) is 1. The quantitative estimate of drug-likeness (QED) is 0.360. The molecule has 0 unspecified atom stereocenters. The molecule has 3 rings (SSSR count). The van der Waals surface area contributed by atoms with Crippen LogP contribution in [0.2, 0.25) is 0 Å². The third kappa shape index (κ3) is 4.99. The lowest BCUT2D eigenvalue weighted by atomic mass is 10.1. The lowest BCUT2D eigenvalue weighted by molar-refractivity contribution is -0.384. The number of nitrogens with one attached hydrogen (secondary N) is 1. The molecular formula is C22H18N2O6.